The molecule has 0 saturated heterocycles. The summed E-state index contributed by atoms with van der Waals surface area (Å²) in [5.74, 6) is -0.550. The van der Waals surface area contributed by atoms with Crippen molar-refractivity contribution in [3.05, 3.63) is 81.7 Å². The van der Waals surface area contributed by atoms with E-state index in [0.29, 0.717) is 0 Å². The molecule has 0 spiro atoms. The first-order valence-electron chi connectivity index (χ1n) is 5.55. The van der Waals surface area contributed by atoms with Crippen LogP contribution in [0.2, 0.25) is 0 Å². The highest BCUT2D eigenvalue weighted by molar-refractivity contribution is 5.81. The molecular weight excluding hydrogens is 271 g/mol. The van der Waals surface area contributed by atoms with Crippen molar-refractivity contribution >= 4 is 11.3 Å². The van der Waals surface area contributed by atoms with E-state index in [4.69, 9.17) is 0 Å². The molecule has 0 heterocycles. The van der Waals surface area contributed by atoms with E-state index in [2.05, 4.69) is 0 Å². The maximum Gasteiger partial charge on any atom is 0.278 e. The van der Waals surface area contributed by atoms with Gasteiger partial charge in [-0.3, -0.25) is 10.1 Å². The van der Waals surface area contributed by atoms with Crippen molar-refractivity contribution in [1.29, 1.82) is 0 Å². The summed E-state index contributed by atoms with van der Waals surface area (Å²) in [6.45, 7) is 0. The molecule has 102 valence electrons. The number of nitrogens with zero attached hydrogens (tertiary/aromatic N) is 1. The third-order valence-electron chi connectivity index (χ3n) is 2.67. The predicted molar refractivity (Wildman–Crippen MR) is 67.7 cm³/mol. The van der Waals surface area contributed by atoms with Crippen LogP contribution in [0.5, 0.6) is 0 Å². The molecule has 0 atom stereocenters. The Kier molecular flexibility index (Phi) is 3.84. The Morgan fingerprint density at radius 2 is 1.65 bits per heavy atom. The highest BCUT2D eigenvalue weighted by Gasteiger charge is 2.15. The lowest BCUT2D eigenvalue weighted by Gasteiger charge is -2.07. The van der Waals surface area contributed by atoms with Gasteiger partial charge in [0.05, 0.1) is 10.5 Å². The van der Waals surface area contributed by atoms with Crippen LogP contribution < -0.4 is 0 Å². The van der Waals surface area contributed by atoms with Crippen LogP contribution in [0, 0.1) is 15.9 Å². The molecular formula is C14H8F3NO2. The summed E-state index contributed by atoms with van der Waals surface area (Å²) in [5.41, 5.74) is -0.644. The number of rotatable bonds is 3. The summed E-state index contributed by atoms with van der Waals surface area (Å²) in [6.07, 6.45) is -1.99. The minimum atomic E-state index is -1.99. The van der Waals surface area contributed by atoms with Gasteiger partial charge >= 0.3 is 0 Å². The van der Waals surface area contributed by atoms with E-state index in [0.717, 1.165) is 18.2 Å². The molecule has 0 aliphatic rings. The van der Waals surface area contributed by atoms with Crippen LogP contribution in [0.4, 0.5) is 18.9 Å². The normalized spacial score (nSPS) is 10.2. The highest BCUT2D eigenvalue weighted by atomic mass is 19.3. The topological polar surface area (TPSA) is 43.1 Å². The van der Waals surface area contributed by atoms with E-state index in [1.165, 1.54) is 30.3 Å². The molecule has 0 unspecified atom stereocenters. The van der Waals surface area contributed by atoms with Gasteiger partial charge in [-0.2, -0.15) is 8.78 Å². The second kappa shape index (κ2) is 5.56. The third-order valence-corrected chi connectivity index (χ3v) is 2.67. The van der Waals surface area contributed by atoms with Crippen molar-refractivity contribution in [3.63, 3.8) is 0 Å². The number of benzene rings is 2. The Morgan fingerprint density at radius 3 is 2.20 bits per heavy atom. The Hall–Kier alpha value is -2.63. The van der Waals surface area contributed by atoms with Crippen LogP contribution >= 0.6 is 0 Å². The maximum atomic E-state index is 13.1. The van der Waals surface area contributed by atoms with Crippen LogP contribution in [0.1, 0.15) is 11.1 Å². The summed E-state index contributed by atoms with van der Waals surface area (Å²) in [7, 11) is 0. The summed E-state index contributed by atoms with van der Waals surface area (Å²) in [6, 6.07) is 9.42. The zero-order chi connectivity index (χ0) is 14.7. The molecule has 0 fully saturated rings. The van der Waals surface area contributed by atoms with Gasteiger partial charge in [0.15, 0.2) is 0 Å². The van der Waals surface area contributed by atoms with Gasteiger partial charge in [-0.25, -0.2) is 4.39 Å². The van der Waals surface area contributed by atoms with Crippen LogP contribution in [0.15, 0.2) is 54.6 Å². The van der Waals surface area contributed by atoms with Crippen molar-refractivity contribution in [1.82, 2.24) is 0 Å². The molecule has 0 aliphatic carbocycles. The van der Waals surface area contributed by atoms with Gasteiger partial charge in [-0.05, 0) is 23.3 Å². The molecule has 0 aromatic heterocycles. The minimum absolute atomic E-state index is 0.00538. The minimum Gasteiger partial charge on any atom is -0.258 e. The lowest BCUT2D eigenvalue weighted by molar-refractivity contribution is -0.384. The fraction of sp³-hybridized carbons (Fsp3) is 0. The van der Waals surface area contributed by atoms with Crippen molar-refractivity contribution in [3.8, 4) is 0 Å². The monoisotopic (exact) mass is 279 g/mol. The van der Waals surface area contributed by atoms with E-state index < -0.39 is 22.4 Å². The van der Waals surface area contributed by atoms with Gasteiger partial charge in [0, 0.05) is 12.1 Å². The first-order valence-corrected chi connectivity index (χ1v) is 5.55. The quantitative estimate of drug-likeness (QED) is 0.617. The molecule has 3 nitrogen and oxygen atoms in total. The average Bonchev–Trinajstić information content (AvgIpc) is 2.41. The van der Waals surface area contributed by atoms with Crippen molar-refractivity contribution in [2.75, 3.05) is 0 Å². The van der Waals surface area contributed by atoms with E-state index in [1.54, 1.807) is 0 Å². The highest BCUT2D eigenvalue weighted by Crippen LogP contribution is 2.30. The standard InChI is InChI=1S/C14H8F3NO2/c15-11-6-4-9(5-7-11)13(14(16)17)10-2-1-3-12(8-10)18(19)20/h1-8H. The molecule has 20 heavy (non-hydrogen) atoms. The predicted octanol–water partition coefficient (Wildman–Crippen LogP) is 4.39. The number of halogens is 3. The molecule has 2 rings (SSSR count). The maximum absolute atomic E-state index is 13.1. The smallest absolute Gasteiger partial charge is 0.258 e. The number of non-ortho nitro benzene ring substituents is 1. The first kappa shape index (κ1) is 13.8. The number of hydrogen-bond donors (Lipinski definition) is 0. The molecule has 0 saturated carbocycles. The van der Waals surface area contributed by atoms with E-state index in [9.17, 15) is 23.3 Å². The Morgan fingerprint density at radius 1 is 1.00 bits per heavy atom. The van der Waals surface area contributed by atoms with E-state index in [1.807, 2.05) is 0 Å². The first-order chi connectivity index (χ1) is 9.49. The van der Waals surface area contributed by atoms with Crippen LogP contribution in [-0.4, -0.2) is 4.92 Å². The van der Waals surface area contributed by atoms with Gasteiger partial charge < -0.3 is 0 Å². The van der Waals surface area contributed by atoms with E-state index in [-0.39, 0.29) is 16.8 Å². The summed E-state index contributed by atoms with van der Waals surface area (Å²) >= 11 is 0. The Labute approximate surface area is 112 Å². The Bertz CT molecular complexity index is 677. The molecule has 6 heteroatoms. The summed E-state index contributed by atoms with van der Waals surface area (Å²) in [4.78, 5) is 10.0. The SMILES string of the molecule is O=[N+]([O-])c1cccc(C(=C(F)F)c2ccc(F)cc2)c1. The zero-order valence-electron chi connectivity index (χ0n) is 10.0. The van der Waals surface area contributed by atoms with E-state index >= 15 is 0 Å². The third kappa shape index (κ3) is 2.85. The van der Waals surface area contributed by atoms with Crippen molar-refractivity contribution < 1.29 is 18.1 Å². The number of hydrogen-bond acceptors (Lipinski definition) is 2. The van der Waals surface area contributed by atoms with Gasteiger partial charge in [-0.15, -0.1) is 0 Å². The van der Waals surface area contributed by atoms with Crippen LogP contribution in [0.25, 0.3) is 5.57 Å². The number of nitro groups is 1. The zero-order valence-corrected chi connectivity index (χ0v) is 10.0. The molecule has 0 amide bonds. The van der Waals surface area contributed by atoms with Crippen molar-refractivity contribution in [2.24, 2.45) is 0 Å². The second-order valence-corrected chi connectivity index (χ2v) is 3.95. The van der Waals surface area contributed by atoms with Gasteiger partial charge in [0.1, 0.15) is 5.82 Å². The molecule has 0 bridgehead atoms. The molecule has 2 aromatic rings. The van der Waals surface area contributed by atoms with Crippen molar-refractivity contribution in [2.45, 2.75) is 0 Å². The molecule has 2 aromatic carbocycles. The fourth-order valence-electron chi connectivity index (χ4n) is 1.78. The lowest BCUT2D eigenvalue weighted by Crippen LogP contribution is -1.93. The second-order valence-electron chi connectivity index (χ2n) is 3.95. The van der Waals surface area contributed by atoms with Gasteiger partial charge in [0.25, 0.3) is 11.8 Å². The molecule has 0 radical (unpaired) electrons. The van der Waals surface area contributed by atoms with Gasteiger partial charge in [-0.1, -0.05) is 24.3 Å². The van der Waals surface area contributed by atoms with Crippen LogP contribution in [0.3, 0.4) is 0 Å². The lowest BCUT2D eigenvalue weighted by atomic mass is 9.98. The Balaban J connectivity index is 2.56. The fourth-order valence-corrected chi connectivity index (χ4v) is 1.78. The summed E-state index contributed by atoms with van der Waals surface area (Å²) < 4.78 is 39.1. The van der Waals surface area contributed by atoms with Gasteiger partial charge in [0.2, 0.25) is 0 Å². The largest absolute Gasteiger partial charge is 0.278 e. The summed E-state index contributed by atoms with van der Waals surface area (Å²) in [5, 5.41) is 10.7. The van der Waals surface area contributed by atoms with Crippen LogP contribution in [-0.2, 0) is 0 Å². The number of nitro benzene ring substituents is 1. The molecule has 0 aliphatic heterocycles. The molecule has 0 N–H and O–H groups in total. The average molecular weight is 279 g/mol.